The van der Waals surface area contributed by atoms with Crippen LogP contribution in [0, 0.1) is 13.8 Å². The zero-order chi connectivity index (χ0) is 13.1. The first kappa shape index (κ1) is 13.6. The maximum Gasteiger partial charge on any atom is 0.325 e. The number of nitrogens with zero attached hydrogens (tertiary/aromatic N) is 3. The SMILES string of the molecule is CNC(C)(CCn1nc(C)nc1C)C(=O)OC. The van der Waals surface area contributed by atoms with Crippen LogP contribution < -0.4 is 5.32 Å². The summed E-state index contributed by atoms with van der Waals surface area (Å²) in [7, 11) is 3.14. The first-order valence-electron chi connectivity index (χ1n) is 5.58. The number of hydrogen-bond acceptors (Lipinski definition) is 5. The standard InChI is InChI=1S/C11H20N4O2/c1-8-13-9(2)15(14-8)7-6-11(3,12-4)10(16)17-5/h12H,6-7H2,1-5H3. The second kappa shape index (κ2) is 5.27. The van der Waals surface area contributed by atoms with Gasteiger partial charge in [0.1, 0.15) is 17.2 Å². The Bertz CT molecular complexity index is 402. The average Bonchev–Trinajstić information content (AvgIpc) is 2.63. The molecule has 1 aromatic heterocycles. The molecule has 0 fully saturated rings. The van der Waals surface area contributed by atoms with Crippen molar-refractivity contribution in [1.29, 1.82) is 0 Å². The van der Waals surface area contributed by atoms with Gasteiger partial charge in [-0.15, -0.1) is 0 Å². The predicted molar refractivity (Wildman–Crippen MR) is 63.6 cm³/mol. The van der Waals surface area contributed by atoms with Gasteiger partial charge < -0.3 is 10.1 Å². The van der Waals surface area contributed by atoms with Crippen LogP contribution in [0.3, 0.4) is 0 Å². The summed E-state index contributed by atoms with van der Waals surface area (Å²) in [6.45, 7) is 6.19. The molecule has 6 heteroatoms. The Balaban J connectivity index is 2.71. The molecule has 6 nitrogen and oxygen atoms in total. The summed E-state index contributed by atoms with van der Waals surface area (Å²) in [6.07, 6.45) is 0.597. The Hall–Kier alpha value is -1.43. The van der Waals surface area contributed by atoms with Gasteiger partial charge in [-0.05, 0) is 34.2 Å². The van der Waals surface area contributed by atoms with E-state index in [9.17, 15) is 4.79 Å². The number of carbonyl (C=O) groups excluding carboxylic acids is 1. The van der Waals surface area contributed by atoms with E-state index in [1.807, 2.05) is 20.8 Å². The average molecular weight is 240 g/mol. The highest BCUT2D eigenvalue weighted by molar-refractivity contribution is 5.80. The third kappa shape index (κ3) is 3.03. The lowest BCUT2D eigenvalue weighted by Crippen LogP contribution is -2.49. The molecule has 1 rings (SSSR count). The highest BCUT2D eigenvalue weighted by Gasteiger charge is 2.32. The van der Waals surface area contributed by atoms with Gasteiger partial charge in [0.25, 0.3) is 0 Å². The third-order valence-corrected chi connectivity index (χ3v) is 2.97. The molecule has 0 aliphatic carbocycles. The molecular formula is C11H20N4O2. The van der Waals surface area contributed by atoms with Crippen LogP contribution in [0.25, 0.3) is 0 Å². The number of carbonyl (C=O) groups is 1. The van der Waals surface area contributed by atoms with E-state index in [1.54, 1.807) is 11.7 Å². The lowest BCUT2D eigenvalue weighted by Gasteiger charge is -2.25. The van der Waals surface area contributed by atoms with Crippen molar-refractivity contribution in [3.8, 4) is 0 Å². The van der Waals surface area contributed by atoms with Gasteiger partial charge in [-0.3, -0.25) is 9.48 Å². The number of ether oxygens (including phenoxy) is 1. The van der Waals surface area contributed by atoms with E-state index < -0.39 is 5.54 Å². The Kier molecular flexibility index (Phi) is 4.22. The fraction of sp³-hybridized carbons (Fsp3) is 0.727. The molecule has 0 saturated carbocycles. The lowest BCUT2D eigenvalue weighted by atomic mass is 9.98. The fourth-order valence-corrected chi connectivity index (χ4v) is 1.66. The fourth-order valence-electron chi connectivity index (χ4n) is 1.66. The molecule has 1 N–H and O–H groups in total. The van der Waals surface area contributed by atoms with Crippen LogP contribution in [-0.2, 0) is 16.1 Å². The molecule has 0 aromatic carbocycles. The van der Waals surface area contributed by atoms with Crippen LogP contribution in [0.4, 0.5) is 0 Å². The van der Waals surface area contributed by atoms with Gasteiger partial charge in [0.2, 0.25) is 0 Å². The highest BCUT2D eigenvalue weighted by atomic mass is 16.5. The molecule has 0 amide bonds. The molecule has 0 bridgehead atoms. The number of hydrogen-bond donors (Lipinski definition) is 1. The molecule has 1 aromatic rings. The van der Waals surface area contributed by atoms with Gasteiger partial charge in [-0.1, -0.05) is 0 Å². The maximum absolute atomic E-state index is 11.6. The first-order chi connectivity index (χ1) is 7.92. The van der Waals surface area contributed by atoms with E-state index in [0.717, 1.165) is 11.6 Å². The number of nitrogens with one attached hydrogen (secondary N) is 1. The number of methoxy groups -OCH3 is 1. The van der Waals surface area contributed by atoms with E-state index in [4.69, 9.17) is 4.74 Å². The van der Waals surface area contributed by atoms with Gasteiger partial charge >= 0.3 is 5.97 Å². The molecule has 0 radical (unpaired) electrons. The van der Waals surface area contributed by atoms with Gasteiger partial charge in [0.15, 0.2) is 0 Å². The molecule has 96 valence electrons. The van der Waals surface area contributed by atoms with Crippen LogP contribution in [-0.4, -0.2) is 40.4 Å². The molecule has 17 heavy (non-hydrogen) atoms. The third-order valence-electron chi connectivity index (χ3n) is 2.97. The molecule has 0 aliphatic heterocycles. The van der Waals surface area contributed by atoms with E-state index in [1.165, 1.54) is 7.11 Å². The summed E-state index contributed by atoms with van der Waals surface area (Å²) >= 11 is 0. The Morgan fingerprint density at radius 3 is 2.59 bits per heavy atom. The summed E-state index contributed by atoms with van der Waals surface area (Å²) < 4.78 is 6.58. The minimum Gasteiger partial charge on any atom is -0.468 e. The first-order valence-corrected chi connectivity index (χ1v) is 5.58. The van der Waals surface area contributed by atoms with Crippen molar-refractivity contribution >= 4 is 5.97 Å². The molecule has 0 spiro atoms. The smallest absolute Gasteiger partial charge is 0.325 e. The Morgan fingerprint density at radius 2 is 2.18 bits per heavy atom. The Morgan fingerprint density at radius 1 is 1.53 bits per heavy atom. The van der Waals surface area contributed by atoms with Crippen molar-refractivity contribution in [2.24, 2.45) is 0 Å². The highest BCUT2D eigenvalue weighted by Crippen LogP contribution is 2.13. The topological polar surface area (TPSA) is 69.0 Å². The van der Waals surface area contributed by atoms with Crippen molar-refractivity contribution in [1.82, 2.24) is 20.1 Å². The maximum atomic E-state index is 11.6. The van der Waals surface area contributed by atoms with E-state index >= 15 is 0 Å². The van der Waals surface area contributed by atoms with Crippen molar-refractivity contribution < 1.29 is 9.53 Å². The zero-order valence-corrected chi connectivity index (χ0v) is 11.1. The van der Waals surface area contributed by atoms with Crippen molar-refractivity contribution in [3.05, 3.63) is 11.6 Å². The molecular weight excluding hydrogens is 220 g/mol. The van der Waals surface area contributed by atoms with Gasteiger partial charge in [0, 0.05) is 6.54 Å². The minimum absolute atomic E-state index is 0.269. The van der Waals surface area contributed by atoms with Gasteiger partial charge in [-0.25, -0.2) is 4.98 Å². The zero-order valence-electron chi connectivity index (χ0n) is 11.1. The summed E-state index contributed by atoms with van der Waals surface area (Å²) in [5.41, 5.74) is -0.693. The molecule has 0 aliphatic rings. The number of esters is 1. The van der Waals surface area contributed by atoms with Crippen molar-refractivity contribution in [3.63, 3.8) is 0 Å². The number of rotatable bonds is 5. The quantitative estimate of drug-likeness (QED) is 0.756. The summed E-state index contributed by atoms with van der Waals surface area (Å²) in [6, 6.07) is 0. The second-order valence-electron chi connectivity index (χ2n) is 4.25. The normalized spacial score (nSPS) is 14.4. The van der Waals surface area contributed by atoms with Gasteiger partial charge in [0.05, 0.1) is 7.11 Å². The van der Waals surface area contributed by atoms with Crippen LogP contribution in [0.5, 0.6) is 0 Å². The summed E-state index contributed by atoms with van der Waals surface area (Å²) in [5.74, 6) is 1.33. The predicted octanol–water partition coefficient (Wildman–Crippen LogP) is 0.436. The van der Waals surface area contributed by atoms with E-state index in [2.05, 4.69) is 15.4 Å². The summed E-state index contributed by atoms with van der Waals surface area (Å²) in [5, 5.41) is 7.25. The van der Waals surface area contributed by atoms with Crippen LogP contribution >= 0.6 is 0 Å². The molecule has 1 unspecified atom stereocenters. The Labute approximate surface area is 101 Å². The molecule has 1 heterocycles. The second-order valence-corrected chi connectivity index (χ2v) is 4.25. The minimum atomic E-state index is -0.693. The van der Waals surface area contributed by atoms with Crippen molar-refractivity contribution in [2.45, 2.75) is 39.3 Å². The van der Waals surface area contributed by atoms with Crippen molar-refractivity contribution in [2.75, 3.05) is 14.2 Å². The number of likely N-dealkylation sites (N-methyl/N-ethyl adjacent to an activating group) is 1. The summed E-state index contributed by atoms with van der Waals surface area (Å²) in [4.78, 5) is 15.9. The number of aromatic nitrogens is 3. The van der Waals surface area contributed by atoms with E-state index in [0.29, 0.717) is 13.0 Å². The monoisotopic (exact) mass is 240 g/mol. The molecule has 0 saturated heterocycles. The number of aryl methyl sites for hydroxylation is 3. The van der Waals surface area contributed by atoms with Gasteiger partial charge in [-0.2, -0.15) is 5.10 Å². The largest absolute Gasteiger partial charge is 0.468 e. The van der Waals surface area contributed by atoms with Crippen LogP contribution in [0.2, 0.25) is 0 Å². The van der Waals surface area contributed by atoms with Crippen LogP contribution in [0.1, 0.15) is 25.0 Å². The lowest BCUT2D eigenvalue weighted by molar-refractivity contribution is -0.148. The van der Waals surface area contributed by atoms with E-state index in [-0.39, 0.29) is 5.97 Å². The molecule has 1 atom stereocenters. The van der Waals surface area contributed by atoms with Crippen LogP contribution in [0.15, 0.2) is 0 Å².